The molecule has 1 aromatic carbocycles. The van der Waals surface area contributed by atoms with Crippen molar-refractivity contribution in [1.82, 2.24) is 4.90 Å². The van der Waals surface area contributed by atoms with E-state index in [1.165, 1.54) is 0 Å². The van der Waals surface area contributed by atoms with Crippen LogP contribution in [-0.4, -0.2) is 41.2 Å². The lowest BCUT2D eigenvalue weighted by Crippen LogP contribution is -2.29. The van der Waals surface area contributed by atoms with Crippen LogP contribution in [-0.2, 0) is 11.2 Å². The number of carbonyl (C=O) groups excluding carboxylic acids is 1. The molecule has 0 bridgehead atoms. The Labute approximate surface area is 108 Å². The third kappa shape index (κ3) is 5.19. The number of aliphatic hydroxyl groups is 1. The zero-order valence-electron chi connectivity index (χ0n) is 10.8. The number of carbonyl (C=O) groups is 1. The Morgan fingerprint density at radius 2 is 1.83 bits per heavy atom. The van der Waals surface area contributed by atoms with Gasteiger partial charge < -0.3 is 15.1 Å². The number of benzene rings is 1. The van der Waals surface area contributed by atoms with Gasteiger partial charge in [-0.2, -0.15) is 0 Å². The lowest BCUT2D eigenvalue weighted by atomic mass is 10.1. The van der Waals surface area contributed by atoms with Crippen molar-refractivity contribution in [3.8, 4) is 5.75 Å². The molecule has 4 heteroatoms. The molecule has 0 aliphatic carbocycles. The smallest absolute Gasteiger partial charge is 0.226 e. The van der Waals surface area contributed by atoms with E-state index in [4.69, 9.17) is 10.2 Å². The third-order valence-corrected chi connectivity index (χ3v) is 2.87. The van der Waals surface area contributed by atoms with Crippen molar-refractivity contribution >= 4 is 5.91 Å². The molecule has 0 saturated heterocycles. The molecule has 0 aromatic heterocycles. The highest BCUT2D eigenvalue weighted by Crippen LogP contribution is 2.11. The summed E-state index contributed by atoms with van der Waals surface area (Å²) in [6, 6.07) is 6.69. The second-order valence-electron chi connectivity index (χ2n) is 4.44. The predicted molar refractivity (Wildman–Crippen MR) is 70.4 cm³/mol. The van der Waals surface area contributed by atoms with Crippen molar-refractivity contribution in [2.24, 2.45) is 0 Å². The summed E-state index contributed by atoms with van der Waals surface area (Å²) in [7, 11) is 1.79. The minimum absolute atomic E-state index is 0.0738. The van der Waals surface area contributed by atoms with Gasteiger partial charge in [0.25, 0.3) is 0 Å². The molecule has 1 amide bonds. The van der Waals surface area contributed by atoms with Crippen molar-refractivity contribution < 1.29 is 15.0 Å². The lowest BCUT2D eigenvalue weighted by Gasteiger charge is -2.17. The summed E-state index contributed by atoms with van der Waals surface area (Å²) < 4.78 is 0. The molecule has 1 aromatic rings. The molecule has 0 atom stereocenters. The first-order valence-corrected chi connectivity index (χ1v) is 6.26. The van der Waals surface area contributed by atoms with Crippen molar-refractivity contribution in [2.45, 2.75) is 25.7 Å². The number of aromatic hydroxyl groups is 1. The molecule has 0 heterocycles. The van der Waals surface area contributed by atoms with Gasteiger partial charge in [0.05, 0.1) is 6.42 Å². The number of phenolic OH excluding ortho intramolecular Hbond substituents is 1. The van der Waals surface area contributed by atoms with Gasteiger partial charge in [-0.3, -0.25) is 4.79 Å². The first kappa shape index (κ1) is 14.5. The van der Waals surface area contributed by atoms with Gasteiger partial charge >= 0.3 is 0 Å². The van der Waals surface area contributed by atoms with Crippen LogP contribution in [0.25, 0.3) is 0 Å². The summed E-state index contributed by atoms with van der Waals surface area (Å²) in [6.45, 7) is 0.933. The maximum atomic E-state index is 11.9. The predicted octanol–water partition coefficient (Wildman–Crippen LogP) is 1.56. The van der Waals surface area contributed by atoms with E-state index in [-0.39, 0.29) is 18.3 Å². The molecule has 18 heavy (non-hydrogen) atoms. The van der Waals surface area contributed by atoms with E-state index in [9.17, 15) is 4.79 Å². The van der Waals surface area contributed by atoms with E-state index in [0.29, 0.717) is 6.42 Å². The largest absolute Gasteiger partial charge is 0.508 e. The van der Waals surface area contributed by atoms with Gasteiger partial charge in [-0.1, -0.05) is 12.1 Å². The van der Waals surface area contributed by atoms with Crippen LogP contribution < -0.4 is 0 Å². The van der Waals surface area contributed by atoms with E-state index < -0.39 is 0 Å². The van der Waals surface area contributed by atoms with Crippen LogP contribution in [0.5, 0.6) is 5.75 Å². The Bertz CT molecular complexity index is 362. The normalized spacial score (nSPS) is 10.3. The molecule has 0 radical (unpaired) electrons. The maximum absolute atomic E-state index is 11.9. The fourth-order valence-electron chi connectivity index (χ4n) is 1.69. The molecule has 4 nitrogen and oxygen atoms in total. The number of likely N-dealkylation sites (N-methyl/N-ethyl adjacent to an activating group) is 1. The monoisotopic (exact) mass is 251 g/mol. The molecule has 0 saturated carbocycles. The Kier molecular flexibility index (Phi) is 6.22. The quantitative estimate of drug-likeness (QED) is 0.723. The van der Waals surface area contributed by atoms with Crippen LogP contribution in [0.4, 0.5) is 0 Å². The summed E-state index contributed by atoms with van der Waals surface area (Å²) in [6.07, 6.45) is 3.00. The van der Waals surface area contributed by atoms with Crippen molar-refractivity contribution in [2.75, 3.05) is 20.2 Å². The van der Waals surface area contributed by atoms with Crippen molar-refractivity contribution in [1.29, 1.82) is 0 Å². The Balaban J connectivity index is 2.33. The van der Waals surface area contributed by atoms with Crippen LogP contribution >= 0.6 is 0 Å². The average Bonchev–Trinajstić information content (AvgIpc) is 2.37. The number of unbranched alkanes of at least 4 members (excludes halogenated alkanes) is 2. The fraction of sp³-hybridized carbons (Fsp3) is 0.500. The highest BCUT2D eigenvalue weighted by molar-refractivity contribution is 5.78. The third-order valence-electron chi connectivity index (χ3n) is 2.87. The summed E-state index contributed by atoms with van der Waals surface area (Å²) in [5.74, 6) is 0.285. The van der Waals surface area contributed by atoms with Gasteiger partial charge in [0.2, 0.25) is 5.91 Å². The number of hydrogen-bond donors (Lipinski definition) is 2. The summed E-state index contributed by atoms with van der Waals surface area (Å²) in [4.78, 5) is 13.6. The summed E-state index contributed by atoms with van der Waals surface area (Å²) >= 11 is 0. The zero-order chi connectivity index (χ0) is 13.4. The fourth-order valence-corrected chi connectivity index (χ4v) is 1.69. The van der Waals surface area contributed by atoms with E-state index in [1.807, 2.05) is 0 Å². The minimum Gasteiger partial charge on any atom is -0.508 e. The van der Waals surface area contributed by atoms with Gasteiger partial charge in [0.1, 0.15) is 5.75 Å². The molecule has 2 N–H and O–H groups in total. The Morgan fingerprint density at radius 1 is 1.17 bits per heavy atom. The molecule has 1 rings (SSSR count). The van der Waals surface area contributed by atoms with Crippen LogP contribution in [0, 0.1) is 0 Å². The number of phenols is 1. The highest BCUT2D eigenvalue weighted by Gasteiger charge is 2.09. The van der Waals surface area contributed by atoms with E-state index in [2.05, 4.69) is 0 Å². The Hall–Kier alpha value is -1.55. The van der Waals surface area contributed by atoms with E-state index in [0.717, 1.165) is 31.4 Å². The van der Waals surface area contributed by atoms with Crippen molar-refractivity contribution in [3.63, 3.8) is 0 Å². The zero-order valence-corrected chi connectivity index (χ0v) is 10.8. The summed E-state index contributed by atoms with van der Waals surface area (Å²) in [5.41, 5.74) is 0.903. The first-order valence-electron chi connectivity index (χ1n) is 6.26. The minimum atomic E-state index is 0.0738. The molecule has 0 aliphatic rings. The van der Waals surface area contributed by atoms with Crippen LogP contribution in [0.3, 0.4) is 0 Å². The highest BCUT2D eigenvalue weighted by atomic mass is 16.3. The molecular weight excluding hydrogens is 230 g/mol. The van der Waals surface area contributed by atoms with Gasteiger partial charge in [-0.15, -0.1) is 0 Å². The van der Waals surface area contributed by atoms with Gasteiger partial charge in [-0.05, 0) is 37.0 Å². The standard InChI is InChI=1S/C14H21NO3/c1-15(9-3-2-4-10-16)14(18)11-12-5-7-13(17)8-6-12/h5-8,16-17H,2-4,9-11H2,1H3. The van der Waals surface area contributed by atoms with Crippen LogP contribution in [0.1, 0.15) is 24.8 Å². The van der Waals surface area contributed by atoms with Crippen LogP contribution in [0.15, 0.2) is 24.3 Å². The molecule has 0 aliphatic heterocycles. The molecule has 0 fully saturated rings. The van der Waals surface area contributed by atoms with Gasteiger partial charge in [0.15, 0.2) is 0 Å². The van der Waals surface area contributed by atoms with Gasteiger partial charge in [0, 0.05) is 20.2 Å². The number of nitrogens with zero attached hydrogens (tertiary/aromatic N) is 1. The number of hydrogen-bond acceptors (Lipinski definition) is 3. The van der Waals surface area contributed by atoms with Gasteiger partial charge in [-0.25, -0.2) is 0 Å². The number of rotatable bonds is 7. The SMILES string of the molecule is CN(CCCCCO)C(=O)Cc1ccc(O)cc1. The average molecular weight is 251 g/mol. The first-order chi connectivity index (χ1) is 8.63. The second kappa shape index (κ2) is 7.71. The maximum Gasteiger partial charge on any atom is 0.226 e. The molecule has 0 spiro atoms. The molecule has 0 unspecified atom stereocenters. The Morgan fingerprint density at radius 3 is 2.44 bits per heavy atom. The van der Waals surface area contributed by atoms with Crippen LogP contribution in [0.2, 0.25) is 0 Å². The number of aliphatic hydroxyl groups excluding tert-OH is 1. The molecular formula is C14H21NO3. The molecule has 100 valence electrons. The van der Waals surface area contributed by atoms with Crippen molar-refractivity contribution in [3.05, 3.63) is 29.8 Å². The topological polar surface area (TPSA) is 60.8 Å². The number of amides is 1. The summed E-state index contributed by atoms with van der Waals surface area (Å²) in [5, 5.41) is 17.8. The lowest BCUT2D eigenvalue weighted by molar-refractivity contribution is -0.129. The van der Waals surface area contributed by atoms with E-state index in [1.54, 1.807) is 36.2 Å². The second-order valence-corrected chi connectivity index (χ2v) is 4.44. The van der Waals surface area contributed by atoms with E-state index >= 15 is 0 Å².